The zero-order valence-corrected chi connectivity index (χ0v) is 19.8. The standard InChI is InChI=1S/C25H34N6O3/c1-30-10-12-31(13-11-30)14-15-34-19-7-6-18-16-23(28-22(18)17-19)25(33)29-21-5-3-2-4-20(21)24(32)27-9-8-26/h6-7,16-17,20-21,28H,2-5,9-15H2,1H3,(H,27,32)(H,29,33)/t20-,21+/m1/s1. The number of ether oxygens (including phenoxy) is 1. The third-order valence-electron chi connectivity index (χ3n) is 6.87. The summed E-state index contributed by atoms with van der Waals surface area (Å²) in [4.78, 5) is 33.3. The van der Waals surface area contributed by atoms with Gasteiger partial charge in [-0.25, -0.2) is 0 Å². The summed E-state index contributed by atoms with van der Waals surface area (Å²) in [7, 11) is 2.15. The molecule has 1 saturated heterocycles. The van der Waals surface area contributed by atoms with Gasteiger partial charge < -0.3 is 25.3 Å². The molecule has 2 atom stereocenters. The molecule has 0 spiro atoms. The fraction of sp³-hybridized carbons (Fsp3) is 0.560. The molecule has 0 unspecified atom stereocenters. The van der Waals surface area contributed by atoms with Crippen LogP contribution in [0, 0.1) is 17.2 Å². The minimum atomic E-state index is -0.310. The van der Waals surface area contributed by atoms with E-state index in [0.29, 0.717) is 18.7 Å². The molecular weight excluding hydrogens is 432 g/mol. The lowest BCUT2D eigenvalue weighted by Gasteiger charge is -2.32. The normalized spacial score (nSPS) is 21.6. The summed E-state index contributed by atoms with van der Waals surface area (Å²) in [6.45, 7) is 5.81. The van der Waals surface area contributed by atoms with Crippen LogP contribution in [-0.2, 0) is 4.79 Å². The number of piperazine rings is 1. The van der Waals surface area contributed by atoms with E-state index in [1.807, 2.05) is 30.3 Å². The minimum absolute atomic E-state index is 0.0161. The highest BCUT2D eigenvalue weighted by Gasteiger charge is 2.32. The van der Waals surface area contributed by atoms with Crippen molar-refractivity contribution in [2.45, 2.75) is 31.7 Å². The Balaban J connectivity index is 1.34. The molecule has 2 heterocycles. The van der Waals surface area contributed by atoms with E-state index in [2.05, 4.69) is 32.5 Å². The van der Waals surface area contributed by atoms with Gasteiger partial charge in [0.15, 0.2) is 0 Å². The van der Waals surface area contributed by atoms with Crippen molar-refractivity contribution in [3.63, 3.8) is 0 Å². The van der Waals surface area contributed by atoms with E-state index in [4.69, 9.17) is 10.00 Å². The van der Waals surface area contributed by atoms with Crippen molar-refractivity contribution >= 4 is 22.7 Å². The lowest BCUT2D eigenvalue weighted by molar-refractivity contribution is -0.126. The van der Waals surface area contributed by atoms with Crippen LogP contribution in [0.15, 0.2) is 24.3 Å². The molecule has 1 aliphatic heterocycles. The summed E-state index contributed by atoms with van der Waals surface area (Å²) >= 11 is 0. The van der Waals surface area contributed by atoms with Crippen molar-refractivity contribution in [2.24, 2.45) is 5.92 Å². The van der Waals surface area contributed by atoms with Gasteiger partial charge in [0, 0.05) is 55.7 Å². The lowest BCUT2D eigenvalue weighted by Crippen LogP contribution is -2.48. The fourth-order valence-electron chi connectivity index (χ4n) is 4.80. The fourth-order valence-corrected chi connectivity index (χ4v) is 4.80. The van der Waals surface area contributed by atoms with Crippen molar-refractivity contribution in [2.75, 3.05) is 52.9 Å². The molecule has 1 aromatic carbocycles. The molecule has 34 heavy (non-hydrogen) atoms. The van der Waals surface area contributed by atoms with Gasteiger partial charge in [0.25, 0.3) is 5.91 Å². The van der Waals surface area contributed by atoms with Crippen molar-refractivity contribution < 1.29 is 14.3 Å². The number of nitrogens with zero attached hydrogens (tertiary/aromatic N) is 3. The first-order chi connectivity index (χ1) is 16.5. The average molecular weight is 467 g/mol. The van der Waals surface area contributed by atoms with Crippen LogP contribution in [-0.4, -0.2) is 85.6 Å². The van der Waals surface area contributed by atoms with E-state index in [-0.39, 0.29) is 30.3 Å². The number of benzene rings is 1. The zero-order chi connectivity index (χ0) is 23.9. The van der Waals surface area contributed by atoms with Crippen LogP contribution in [0.2, 0.25) is 0 Å². The Labute approximate surface area is 200 Å². The Morgan fingerprint density at radius 1 is 1.18 bits per heavy atom. The molecule has 2 aromatic rings. The second kappa shape index (κ2) is 11.4. The van der Waals surface area contributed by atoms with Gasteiger partial charge in [-0.05, 0) is 38.1 Å². The average Bonchev–Trinajstić information content (AvgIpc) is 3.28. The Bertz CT molecular complexity index is 1040. The summed E-state index contributed by atoms with van der Waals surface area (Å²) in [5.74, 6) is 0.0768. The number of aromatic nitrogens is 1. The number of carbonyl (C=O) groups is 2. The molecule has 1 aliphatic carbocycles. The number of nitrogens with one attached hydrogen (secondary N) is 3. The van der Waals surface area contributed by atoms with Crippen molar-refractivity contribution in [3.8, 4) is 11.8 Å². The SMILES string of the molecule is CN1CCN(CCOc2ccc3cc(C(=O)N[C@H]4CCCC[C@H]4C(=O)NCC#N)[nH]c3c2)CC1. The van der Waals surface area contributed by atoms with E-state index >= 15 is 0 Å². The highest BCUT2D eigenvalue weighted by Crippen LogP contribution is 2.26. The predicted molar refractivity (Wildman–Crippen MR) is 130 cm³/mol. The van der Waals surface area contributed by atoms with E-state index in [0.717, 1.165) is 68.6 Å². The Kier molecular flexibility index (Phi) is 8.03. The number of nitriles is 1. The molecule has 1 aromatic heterocycles. The number of hydrogen-bond donors (Lipinski definition) is 3. The van der Waals surface area contributed by atoms with Crippen LogP contribution in [0.1, 0.15) is 36.2 Å². The highest BCUT2D eigenvalue weighted by molar-refractivity contribution is 5.98. The number of fused-ring (bicyclic) bond motifs is 1. The molecule has 9 heteroatoms. The molecule has 2 aliphatic rings. The van der Waals surface area contributed by atoms with E-state index < -0.39 is 0 Å². The Hall–Kier alpha value is -3.09. The van der Waals surface area contributed by atoms with Crippen LogP contribution in [0.25, 0.3) is 10.9 Å². The maximum atomic E-state index is 13.0. The number of carbonyl (C=O) groups excluding carboxylic acids is 2. The molecule has 9 nitrogen and oxygen atoms in total. The first-order valence-electron chi connectivity index (χ1n) is 12.2. The van der Waals surface area contributed by atoms with E-state index in [1.165, 1.54) is 0 Å². The van der Waals surface area contributed by atoms with Gasteiger partial charge in [0.05, 0.1) is 12.0 Å². The molecule has 2 amide bonds. The predicted octanol–water partition coefficient (Wildman–Crippen LogP) is 1.72. The lowest BCUT2D eigenvalue weighted by atomic mass is 9.83. The number of H-pyrrole nitrogens is 1. The van der Waals surface area contributed by atoms with Crippen molar-refractivity contribution in [1.82, 2.24) is 25.4 Å². The Morgan fingerprint density at radius 2 is 1.97 bits per heavy atom. The van der Waals surface area contributed by atoms with Crippen LogP contribution in [0.3, 0.4) is 0 Å². The molecular formula is C25H34N6O3. The first kappa shape index (κ1) is 24.0. The van der Waals surface area contributed by atoms with Crippen LogP contribution < -0.4 is 15.4 Å². The summed E-state index contributed by atoms with van der Waals surface area (Å²) in [5.41, 5.74) is 1.31. The van der Waals surface area contributed by atoms with Gasteiger partial charge in [0.1, 0.15) is 24.6 Å². The number of rotatable bonds is 8. The molecule has 0 bridgehead atoms. The van der Waals surface area contributed by atoms with E-state index in [1.54, 1.807) is 0 Å². The molecule has 182 valence electrons. The van der Waals surface area contributed by atoms with E-state index in [9.17, 15) is 9.59 Å². The monoisotopic (exact) mass is 466 g/mol. The van der Waals surface area contributed by atoms with Gasteiger partial charge in [-0.3, -0.25) is 14.5 Å². The van der Waals surface area contributed by atoms with Gasteiger partial charge >= 0.3 is 0 Å². The molecule has 4 rings (SSSR count). The largest absolute Gasteiger partial charge is 0.492 e. The van der Waals surface area contributed by atoms with Gasteiger partial charge in [-0.1, -0.05) is 12.8 Å². The maximum Gasteiger partial charge on any atom is 0.267 e. The number of likely N-dealkylation sites (N-methyl/N-ethyl adjacent to an activating group) is 1. The number of hydrogen-bond acceptors (Lipinski definition) is 6. The van der Waals surface area contributed by atoms with Crippen molar-refractivity contribution in [1.29, 1.82) is 5.26 Å². The highest BCUT2D eigenvalue weighted by atomic mass is 16.5. The summed E-state index contributed by atoms with van der Waals surface area (Å²) in [6.07, 6.45) is 3.38. The van der Waals surface area contributed by atoms with Crippen LogP contribution in [0.4, 0.5) is 0 Å². The first-order valence-corrected chi connectivity index (χ1v) is 12.2. The topological polar surface area (TPSA) is 113 Å². The van der Waals surface area contributed by atoms with Gasteiger partial charge in [-0.2, -0.15) is 5.26 Å². The summed E-state index contributed by atoms with van der Waals surface area (Å²) < 4.78 is 5.96. The number of amides is 2. The van der Waals surface area contributed by atoms with Gasteiger partial charge in [0.2, 0.25) is 5.91 Å². The van der Waals surface area contributed by atoms with Gasteiger partial charge in [-0.15, -0.1) is 0 Å². The second-order valence-electron chi connectivity index (χ2n) is 9.27. The minimum Gasteiger partial charge on any atom is -0.492 e. The maximum absolute atomic E-state index is 13.0. The number of aromatic amines is 1. The molecule has 2 fully saturated rings. The molecule has 0 radical (unpaired) electrons. The smallest absolute Gasteiger partial charge is 0.267 e. The van der Waals surface area contributed by atoms with Crippen molar-refractivity contribution in [3.05, 3.63) is 30.0 Å². The quantitative estimate of drug-likeness (QED) is 0.511. The summed E-state index contributed by atoms with van der Waals surface area (Å²) in [6, 6.07) is 9.33. The summed E-state index contributed by atoms with van der Waals surface area (Å²) in [5, 5.41) is 15.3. The third-order valence-corrected chi connectivity index (χ3v) is 6.87. The third kappa shape index (κ3) is 6.07. The Morgan fingerprint density at radius 3 is 2.76 bits per heavy atom. The molecule has 3 N–H and O–H groups in total. The van der Waals surface area contributed by atoms with Crippen LogP contribution in [0.5, 0.6) is 5.75 Å². The zero-order valence-electron chi connectivity index (χ0n) is 19.8. The molecule has 1 saturated carbocycles. The second-order valence-corrected chi connectivity index (χ2v) is 9.27. The van der Waals surface area contributed by atoms with Crippen LogP contribution >= 0.6 is 0 Å².